The molecule has 1 unspecified atom stereocenters. The Morgan fingerprint density at radius 3 is 3.25 bits per heavy atom. The van der Waals surface area contributed by atoms with Crippen LogP contribution >= 0.6 is 0 Å². The maximum absolute atomic E-state index is 4.81. The van der Waals surface area contributed by atoms with Crippen molar-refractivity contribution in [2.45, 2.75) is 6.04 Å². The SMILES string of the molecule is CN1CCNCC1C1=COOC1. The molecular formula is C8H14N2O2. The van der Waals surface area contributed by atoms with Gasteiger partial charge in [-0.25, -0.2) is 0 Å². The van der Waals surface area contributed by atoms with E-state index in [4.69, 9.17) is 9.78 Å². The van der Waals surface area contributed by atoms with Crippen LogP contribution in [0, 0.1) is 0 Å². The molecule has 1 atom stereocenters. The van der Waals surface area contributed by atoms with Crippen molar-refractivity contribution in [2.24, 2.45) is 0 Å². The monoisotopic (exact) mass is 170 g/mol. The highest BCUT2D eigenvalue weighted by Crippen LogP contribution is 2.15. The average molecular weight is 170 g/mol. The molecule has 0 saturated carbocycles. The van der Waals surface area contributed by atoms with Crippen LogP contribution in [0.15, 0.2) is 11.8 Å². The molecule has 0 aliphatic carbocycles. The van der Waals surface area contributed by atoms with Gasteiger partial charge in [-0.2, -0.15) is 4.89 Å². The van der Waals surface area contributed by atoms with Crippen molar-refractivity contribution in [1.29, 1.82) is 0 Å². The molecule has 2 aliphatic heterocycles. The molecule has 0 aromatic rings. The molecule has 1 N–H and O–H groups in total. The summed E-state index contributed by atoms with van der Waals surface area (Å²) in [6.45, 7) is 3.76. The smallest absolute Gasteiger partial charge is 0.132 e. The van der Waals surface area contributed by atoms with Gasteiger partial charge in [-0.05, 0) is 7.05 Å². The number of nitrogens with zero attached hydrogens (tertiary/aromatic N) is 1. The van der Waals surface area contributed by atoms with Gasteiger partial charge in [0, 0.05) is 31.2 Å². The van der Waals surface area contributed by atoms with Gasteiger partial charge >= 0.3 is 0 Å². The summed E-state index contributed by atoms with van der Waals surface area (Å²) in [5.74, 6) is 0. The Morgan fingerprint density at radius 2 is 2.58 bits per heavy atom. The van der Waals surface area contributed by atoms with Gasteiger partial charge in [0.05, 0.1) is 0 Å². The third kappa shape index (κ3) is 1.46. The minimum absolute atomic E-state index is 0.446. The third-order valence-corrected chi connectivity index (χ3v) is 2.43. The van der Waals surface area contributed by atoms with Crippen molar-refractivity contribution >= 4 is 0 Å². The summed E-state index contributed by atoms with van der Waals surface area (Å²) >= 11 is 0. The number of hydrogen-bond acceptors (Lipinski definition) is 4. The fourth-order valence-corrected chi connectivity index (χ4v) is 1.63. The number of piperazine rings is 1. The summed E-state index contributed by atoms with van der Waals surface area (Å²) < 4.78 is 0. The molecule has 0 amide bonds. The van der Waals surface area contributed by atoms with Crippen LogP contribution in [0.1, 0.15) is 0 Å². The second-order valence-electron chi connectivity index (χ2n) is 3.25. The van der Waals surface area contributed by atoms with Gasteiger partial charge in [0.25, 0.3) is 0 Å². The summed E-state index contributed by atoms with van der Waals surface area (Å²) in [5, 5.41) is 3.35. The average Bonchev–Trinajstić information content (AvgIpc) is 2.57. The Kier molecular flexibility index (Phi) is 2.30. The van der Waals surface area contributed by atoms with Gasteiger partial charge in [-0.15, -0.1) is 0 Å². The minimum atomic E-state index is 0.446. The molecule has 0 spiro atoms. The summed E-state index contributed by atoms with van der Waals surface area (Å²) in [5.41, 5.74) is 1.23. The van der Waals surface area contributed by atoms with Crippen molar-refractivity contribution in [3.8, 4) is 0 Å². The van der Waals surface area contributed by atoms with Crippen molar-refractivity contribution in [3.63, 3.8) is 0 Å². The third-order valence-electron chi connectivity index (χ3n) is 2.43. The highest BCUT2D eigenvalue weighted by Gasteiger charge is 2.25. The van der Waals surface area contributed by atoms with E-state index in [0.29, 0.717) is 12.6 Å². The molecule has 4 nitrogen and oxygen atoms in total. The van der Waals surface area contributed by atoms with E-state index in [1.54, 1.807) is 6.26 Å². The zero-order valence-corrected chi connectivity index (χ0v) is 7.25. The van der Waals surface area contributed by atoms with E-state index in [0.717, 1.165) is 19.6 Å². The fraction of sp³-hybridized carbons (Fsp3) is 0.750. The van der Waals surface area contributed by atoms with Crippen LogP contribution in [-0.4, -0.2) is 44.2 Å². The van der Waals surface area contributed by atoms with Gasteiger partial charge in [0.1, 0.15) is 12.9 Å². The standard InChI is InChI=1S/C8H14N2O2/c1-10-3-2-9-4-8(10)7-5-11-12-6-7/h5,8-9H,2-4,6H2,1H3. The zero-order chi connectivity index (χ0) is 8.39. The molecule has 0 bridgehead atoms. The topological polar surface area (TPSA) is 33.7 Å². The van der Waals surface area contributed by atoms with Crippen LogP contribution < -0.4 is 5.32 Å². The minimum Gasteiger partial charge on any atom is -0.345 e. The van der Waals surface area contributed by atoms with Crippen LogP contribution in [0.25, 0.3) is 0 Å². The molecule has 12 heavy (non-hydrogen) atoms. The molecule has 2 rings (SSSR count). The molecular weight excluding hydrogens is 156 g/mol. The Labute approximate surface area is 72.1 Å². The maximum Gasteiger partial charge on any atom is 0.132 e. The first kappa shape index (κ1) is 8.04. The maximum atomic E-state index is 4.81. The van der Waals surface area contributed by atoms with Gasteiger partial charge in [0.15, 0.2) is 0 Å². The first-order valence-electron chi connectivity index (χ1n) is 4.26. The summed E-state index contributed by atoms with van der Waals surface area (Å²) in [7, 11) is 2.13. The molecule has 0 aromatic carbocycles. The molecule has 0 aromatic heterocycles. The Balaban J connectivity index is 2.00. The quantitative estimate of drug-likeness (QED) is 0.549. The van der Waals surface area contributed by atoms with Crippen molar-refractivity contribution in [1.82, 2.24) is 10.2 Å². The number of likely N-dealkylation sites (N-methyl/N-ethyl adjacent to an activating group) is 1. The predicted octanol–water partition coefficient (Wildman–Crippen LogP) is -0.264. The molecule has 68 valence electrons. The molecule has 1 saturated heterocycles. The number of rotatable bonds is 1. The lowest BCUT2D eigenvalue weighted by atomic mass is 10.1. The number of nitrogens with one attached hydrogen (secondary N) is 1. The lowest BCUT2D eigenvalue weighted by Gasteiger charge is -2.32. The van der Waals surface area contributed by atoms with E-state index in [1.165, 1.54) is 5.57 Å². The molecule has 2 heterocycles. The van der Waals surface area contributed by atoms with Gasteiger partial charge in [-0.3, -0.25) is 4.90 Å². The summed E-state index contributed by atoms with van der Waals surface area (Å²) in [6, 6.07) is 0.446. The summed E-state index contributed by atoms with van der Waals surface area (Å²) in [4.78, 5) is 11.9. The lowest BCUT2D eigenvalue weighted by molar-refractivity contribution is -0.222. The van der Waals surface area contributed by atoms with Crippen LogP contribution in [-0.2, 0) is 9.78 Å². The van der Waals surface area contributed by atoms with E-state index in [2.05, 4.69) is 17.3 Å². The first-order valence-corrected chi connectivity index (χ1v) is 4.26. The van der Waals surface area contributed by atoms with Crippen LogP contribution in [0.3, 0.4) is 0 Å². The first-order chi connectivity index (χ1) is 5.88. The van der Waals surface area contributed by atoms with Gasteiger partial charge in [0.2, 0.25) is 0 Å². The molecule has 1 fully saturated rings. The summed E-state index contributed by atoms with van der Waals surface area (Å²) in [6.07, 6.45) is 1.72. The predicted molar refractivity (Wildman–Crippen MR) is 44.4 cm³/mol. The second kappa shape index (κ2) is 3.43. The second-order valence-corrected chi connectivity index (χ2v) is 3.25. The van der Waals surface area contributed by atoms with E-state index in [-0.39, 0.29) is 0 Å². The van der Waals surface area contributed by atoms with Crippen LogP contribution in [0.4, 0.5) is 0 Å². The lowest BCUT2D eigenvalue weighted by Crippen LogP contribution is -2.50. The largest absolute Gasteiger partial charge is 0.345 e. The van der Waals surface area contributed by atoms with E-state index >= 15 is 0 Å². The highest BCUT2D eigenvalue weighted by atomic mass is 17.2. The molecule has 0 radical (unpaired) electrons. The van der Waals surface area contributed by atoms with Crippen LogP contribution in [0.5, 0.6) is 0 Å². The van der Waals surface area contributed by atoms with E-state index in [1.807, 2.05) is 0 Å². The van der Waals surface area contributed by atoms with Crippen LogP contribution in [0.2, 0.25) is 0 Å². The van der Waals surface area contributed by atoms with E-state index < -0.39 is 0 Å². The van der Waals surface area contributed by atoms with Gasteiger partial charge < -0.3 is 10.2 Å². The van der Waals surface area contributed by atoms with Crippen molar-refractivity contribution in [3.05, 3.63) is 11.8 Å². The number of hydrogen-bond donors (Lipinski definition) is 1. The Bertz CT molecular complexity index is 193. The molecule has 2 aliphatic rings. The van der Waals surface area contributed by atoms with E-state index in [9.17, 15) is 0 Å². The highest BCUT2D eigenvalue weighted by molar-refractivity contribution is 5.12. The Hall–Kier alpha value is -0.580. The zero-order valence-electron chi connectivity index (χ0n) is 7.25. The van der Waals surface area contributed by atoms with Crippen molar-refractivity contribution < 1.29 is 9.78 Å². The Morgan fingerprint density at radius 1 is 1.67 bits per heavy atom. The molecule has 4 heteroatoms. The van der Waals surface area contributed by atoms with Gasteiger partial charge in [-0.1, -0.05) is 0 Å². The normalized spacial score (nSPS) is 31.4. The fourth-order valence-electron chi connectivity index (χ4n) is 1.63. The van der Waals surface area contributed by atoms with Crippen molar-refractivity contribution in [2.75, 3.05) is 33.3 Å².